The predicted octanol–water partition coefficient (Wildman–Crippen LogP) is -0.297. The van der Waals surface area contributed by atoms with Crippen LogP contribution in [0.3, 0.4) is 0 Å². The molecule has 0 spiro atoms. The summed E-state index contributed by atoms with van der Waals surface area (Å²) in [6.45, 7) is 0. The van der Waals surface area contributed by atoms with Gasteiger partial charge in [-0.3, -0.25) is 0 Å². The minimum Gasteiger partial charge on any atom is 0 e. The fraction of sp³-hybridized carbons (Fsp3) is 0. The van der Waals surface area contributed by atoms with Crippen LogP contribution in [0.2, 0.25) is 0 Å². The van der Waals surface area contributed by atoms with Crippen molar-refractivity contribution >= 4 is 71.8 Å². The van der Waals surface area contributed by atoms with E-state index in [9.17, 15) is 0 Å². The maximum absolute atomic E-state index is 0. The van der Waals surface area contributed by atoms with Gasteiger partial charge in [0.2, 0.25) is 0 Å². The van der Waals surface area contributed by atoms with Crippen molar-refractivity contribution in [2.24, 2.45) is 0 Å². The molecule has 0 saturated carbocycles. The van der Waals surface area contributed by atoms with Gasteiger partial charge in [0.05, 0.1) is 0 Å². The van der Waals surface area contributed by atoms with E-state index in [-0.39, 0.29) is 71.8 Å². The molecule has 4 heavy (non-hydrogen) atoms. The van der Waals surface area contributed by atoms with Crippen LogP contribution in [0.25, 0.3) is 0 Å². The zero-order valence-corrected chi connectivity index (χ0v) is 9.41. The Labute approximate surface area is 71.1 Å². The van der Waals surface area contributed by atoms with Gasteiger partial charge in [0.25, 0.3) is 0 Å². The molecule has 0 saturated heterocycles. The van der Waals surface area contributed by atoms with E-state index >= 15 is 0 Å². The Balaban J connectivity index is 0. The van der Waals surface area contributed by atoms with Gasteiger partial charge in [-0.15, -0.1) is 0 Å². The number of hydrogen-bond donors (Lipinski definition) is 0. The van der Waals surface area contributed by atoms with E-state index in [1.54, 1.807) is 0 Å². The maximum atomic E-state index is 0. The van der Waals surface area contributed by atoms with Crippen molar-refractivity contribution in [2.75, 3.05) is 0 Å². The zero-order chi connectivity index (χ0) is 0. The summed E-state index contributed by atoms with van der Waals surface area (Å²) in [5, 5.41) is 0. The summed E-state index contributed by atoms with van der Waals surface area (Å²) < 4.78 is 0. The minimum absolute atomic E-state index is 0. The van der Waals surface area contributed by atoms with Gasteiger partial charge in [-0.1, -0.05) is 0 Å². The van der Waals surface area contributed by atoms with E-state index in [2.05, 4.69) is 0 Å². The fourth-order valence-electron chi connectivity index (χ4n) is 0. The first-order valence-electron chi connectivity index (χ1n) is 0. The predicted molar refractivity (Wildman–Crippen MR) is 26.2 cm³/mol. The third-order valence-electron chi connectivity index (χ3n) is 0. The van der Waals surface area contributed by atoms with E-state index in [4.69, 9.17) is 0 Å². The molecule has 0 aliphatic heterocycles. The first-order chi connectivity index (χ1) is 0. The molecule has 9 radical (unpaired) electrons. The average molecular weight is 304 g/mol. The van der Waals surface area contributed by atoms with E-state index in [0.29, 0.717) is 0 Å². The van der Waals surface area contributed by atoms with Gasteiger partial charge in [0.15, 0.2) is 0 Å². The first kappa shape index (κ1) is 34.7. The van der Waals surface area contributed by atoms with Crippen LogP contribution in [-0.2, 0) is 0 Å². The van der Waals surface area contributed by atoms with Crippen molar-refractivity contribution in [1.82, 2.24) is 0 Å². The number of hydrogen-bond acceptors (Lipinski definition) is 0. The van der Waals surface area contributed by atoms with Crippen molar-refractivity contribution in [3.05, 3.63) is 0 Å². The topological polar surface area (TPSA) is 0 Å². The van der Waals surface area contributed by atoms with Crippen LogP contribution in [0.5, 0.6) is 0 Å². The summed E-state index contributed by atoms with van der Waals surface area (Å²) in [5.41, 5.74) is 0. The first-order valence-corrected chi connectivity index (χ1v) is 0. The van der Waals surface area contributed by atoms with Gasteiger partial charge in [-0.05, 0) is 0 Å². The molecule has 0 rings (SSSR count). The maximum Gasteiger partial charge on any atom is 0 e. The Kier molecular flexibility index (Phi) is 165. The molecule has 0 aromatic carbocycles. The van der Waals surface area contributed by atoms with Crippen molar-refractivity contribution in [3.8, 4) is 0 Å². The number of halogens is 1. The van der Waals surface area contributed by atoms with Crippen LogP contribution in [0, 0.1) is 0 Å². The van der Waals surface area contributed by atoms with Crippen LogP contribution in [0.1, 0.15) is 0 Å². The second kappa shape index (κ2) is 19.0. The molecule has 0 aliphatic rings. The van der Waals surface area contributed by atoms with Gasteiger partial charge in [-0.2, -0.15) is 0 Å². The smallest absolute Gasteiger partial charge is 0 e. The molecule has 0 aliphatic carbocycles. The van der Waals surface area contributed by atoms with Gasteiger partial charge in [0.1, 0.15) is 0 Å². The molecule has 0 bridgehead atoms. The van der Waals surface area contributed by atoms with Gasteiger partial charge in [-0.25, -0.2) is 0 Å². The molecule has 0 amide bonds. The Morgan fingerprint density at radius 1 is 1.00 bits per heavy atom. The summed E-state index contributed by atoms with van der Waals surface area (Å²) in [7, 11) is 0. The average Bonchev–Trinajstić information content (AvgIpc) is 0. The zero-order valence-electron chi connectivity index (χ0n) is 1.81. The Morgan fingerprint density at radius 2 is 1.00 bits per heavy atom. The summed E-state index contributed by atoms with van der Waals surface area (Å²) in [4.78, 5) is 0. The molecular weight excluding hydrogens is 304 g/mol. The van der Waals surface area contributed by atoms with E-state index in [0.717, 1.165) is 0 Å². The molecular formula is AsBrGaSe. The minimum atomic E-state index is 0. The van der Waals surface area contributed by atoms with Crippen LogP contribution in [-0.4, -0.2) is 54.8 Å². The molecule has 0 nitrogen and oxygen atoms in total. The van der Waals surface area contributed by atoms with Crippen molar-refractivity contribution < 1.29 is 0 Å². The largest absolute Gasteiger partial charge is 0 e. The van der Waals surface area contributed by atoms with Crippen LogP contribution in [0.15, 0.2) is 0 Å². The summed E-state index contributed by atoms with van der Waals surface area (Å²) in [6, 6.07) is 0. The molecule has 0 atom stereocenters. The monoisotopic (exact) mass is 303 g/mol. The second-order valence-corrected chi connectivity index (χ2v) is 0. The van der Waals surface area contributed by atoms with Crippen LogP contribution in [0.4, 0.5) is 0 Å². The third kappa shape index (κ3) is 8.89. The summed E-state index contributed by atoms with van der Waals surface area (Å²) in [6.07, 6.45) is 0. The molecule has 0 heterocycles. The Bertz CT molecular complexity index is 8.00. The van der Waals surface area contributed by atoms with Gasteiger partial charge < -0.3 is 0 Å². The summed E-state index contributed by atoms with van der Waals surface area (Å²) >= 11 is 0. The molecule has 0 unspecified atom stereocenters. The normalized spacial score (nSPS) is 0. The van der Waals surface area contributed by atoms with Crippen molar-refractivity contribution in [2.45, 2.75) is 0 Å². The van der Waals surface area contributed by atoms with E-state index in [1.807, 2.05) is 0 Å². The van der Waals surface area contributed by atoms with Crippen LogP contribution < -0.4 is 0 Å². The Morgan fingerprint density at radius 3 is 1.00 bits per heavy atom. The van der Waals surface area contributed by atoms with E-state index in [1.165, 1.54) is 0 Å². The fourth-order valence-corrected chi connectivity index (χ4v) is 0. The van der Waals surface area contributed by atoms with Crippen molar-refractivity contribution in [1.29, 1.82) is 0 Å². The molecule has 0 aromatic rings. The SMILES string of the molecule is [As].[Br].[Ga].[Se]. The second-order valence-electron chi connectivity index (χ2n) is 0. The van der Waals surface area contributed by atoms with Crippen LogP contribution >= 0.6 is 17.0 Å². The molecule has 21 valence electrons. The Hall–Kier alpha value is 2.19. The van der Waals surface area contributed by atoms with E-state index < -0.39 is 0 Å². The third-order valence-corrected chi connectivity index (χ3v) is 0. The van der Waals surface area contributed by atoms with Gasteiger partial charge >= 0.3 is 0 Å². The molecule has 4 heteroatoms. The van der Waals surface area contributed by atoms with Crippen molar-refractivity contribution in [3.63, 3.8) is 0 Å². The quantitative estimate of drug-likeness (QED) is 0.539. The van der Waals surface area contributed by atoms with Gasteiger partial charge in [0, 0.05) is 71.8 Å². The number of rotatable bonds is 0. The summed E-state index contributed by atoms with van der Waals surface area (Å²) in [5.74, 6) is 0. The molecule has 0 aromatic heterocycles. The molecule has 0 N–H and O–H groups in total. The standard InChI is InChI=1S/As.Br.Ga.Se. The molecule has 0 fully saturated rings.